The average molecular weight is 122 g/mol. The van der Waals surface area contributed by atoms with Gasteiger partial charge in [-0.15, -0.1) is 0 Å². The Balaban J connectivity index is 2.83. The van der Waals surface area contributed by atoms with Crippen LogP contribution in [0.15, 0.2) is 30.3 Å². The Kier molecular flexibility index (Phi) is 1.96. The lowest BCUT2D eigenvalue weighted by molar-refractivity contribution is 0.616. The first-order valence-corrected chi connectivity index (χ1v) is 3.34. The highest BCUT2D eigenvalue weighted by atomic mass is 27.1. The van der Waals surface area contributed by atoms with Crippen molar-refractivity contribution in [2.45, 2.75) is 0 Å². The lowest BCUT2D eigenvalue weighted by Crippen LogP contribution is -1.81. The van der Waals surface area contributed by atoms with Crippen LogP contribution in [-0.4, -0.2) is 16.6 Å². The normalized spacial score (nSPS) is 8.50. The summed E-state index contributed by atoms with van der Waals surface area (Å²) in [5.41, 5.74) is 0. The zero-order valence-electron chi connectivity index (χ0n) is 4.79. The van der Waals surface area contributed by atoms with Gasteiger partial charge in [0.05, 0.1) is 5.75 Å². The van der Waals surface area contributed by atoms with Gasteiger partial charge < -0.3 is 3.79 Å². The maximum Gasteiger partial charge on any atom is 0.496 e. The second kappa shape index (κ2) is 2.76. The molecule has 0 saturated heterocycles. The van der Waals surface area contributed by atoms with Crippen molar-refractivity contribution >= 4 is 16.6 Å². The molecular weight excluding hydrogens is 115 g/mol. The van der Waals surface area contributed by atoms with Gasteiger partial charge in [-0.3, -0.25) is 0 Å². The summed E-state index contributed by atoms with van der Waals surface area (Å²) in [7, 11) is 0. The van der Waals surface area contributed by atoms with Crippen molar-refractivity contribution in [1.29, 1.82) is 0 Å². The van der Waals surface area contributed by atoms with E-state index in [1.165, 1.54) is 0 Å². The fourth-order valence-corrected chi connectivity index (χ4v) is 0.829. The van der Waals surface area contributed by atoms with Gasteiger partial charge in [-0.1, -0.05) is 18.2 Å². The molecule has 0 aromatic heterocycles. The summed E-state index contributed by atoms with van der Waals surface area (Å²) < 4.78 is 5.05. The van der Waals surface area contributed by atoms with Crippen LogP contribution in [0, 0.1) is 0 Å². The first kappa shape index (κ1) is 5.68. The van der Waals surface area contributed by atoms with Crippen molar-refractivity contribution in [3.05, 3.63) is 30.3 Å². The van der Waals surface area contributed by atoms with Gasteiger partial charge in [-0.2, -0.15) is 0 Å². The first-order chi connectivity index (χ1) is 3.93. The molecule has 0 radical (unpaired) electrons. The van der Waals surface area contributed by atoms with Crippen LogP contribution in [0.25, 0.3) is 0 Å². The Morgan fingerprint density at radius 1 is 1.12 bits per heavy atom. The summed E-state index contributed by atoms with van der Waals surface area (Å²) in [4.78, 5) is 0. The fourth-order valence-electron chi connectivity index (χ4n) is 0.557. The predicted octanol–water partition coefficient (Wildman–Crippen LogP) is 0.613. The van der Waals surface area contributed by atoms with Gasteiger partial charge in [-0.25, -0.2) is 0 Å². The molecule has 0 atom stereocenters. The Morgan fingerprint density at radius 2 is 1.75 bits per heavy atom. The highest BCUT2D eigenvalue weighted by molar-refractivity contribution is 5.99. The number of hydrogen-bond acceptors (Lipinski definition) is 1. The summed E-state index contributed by atoms with van der Waals surface area (Å²) >= 11 is 0.777. The van der Waals surface area contributed by atoms with E-state index in [1.54, 1.807) is 0 Å². The summed E-state index contributed by atoms with van der Waals surface area (Å²) in [6, 6.07) is 9.81. The lowest BCUT2D eigenvalue weighted by atomic mass is 10.3. The third-order valence-electron chi connectivity index (χ3n) is 0.979. The van der Waals surface area contributed by atoms with Crippen LogP contribution in [0.5, 0.6) is 5.75 Å². The van der Waals surface area contributed by atoms with Crippen molar-refractivity contribution in [3.8, 4) is 5.75 Å². The minimum atomic E-state index is 0.777. The molecule has 0 aliphatic rings. The van der Waals surface area contributed by atoms with Gasteiger partial charge in [0.1, 0.15) is 0 Å². The molecule has 0 heterocycles. The monoisotopic (exact) mass is 122 g/mol. The maximum atomic E-state index is 5.05. The van der Waals surface area contributed by atoms with E-state index >= 15 is 0 Å². The molecule has 1 nitrogen and oxygen atoms in total. The summed E-state index contributed by atoms with van der Waals surface area (Å²) in [5.74, 6) is 0.971. The molecule has 0 saturated carbocycles. The van der Waals surface area contributed by atoms with Crippen molar-refractivity contribution < 1.29 is 3.79 Å². The number of hydrogen-bond donors (Lipinski definition) is 0. The Bertz CT molecular complexity index is 150. The molecule has 1 aromatic carbocycles. The zero-order chi connectivity index (χ0) is 5.82. The van der Waals surface area contributed by atoms with Crippen LogP contribution in [0.1, 0.15) is 0 Å². The first-order valence-electron chi connectivity index (χ1n) is 2.52. The third kappa shape index (κ3) is 1.26. The highest BCUT2D eigenvalue weighted by Crippen LogP contribution is 2.05. The van der Waals surface area contributed by atoms with Gasteiger partial charge in [0, 0.05) is 0 Å². The minimum Gasteiger partial charge on any atom is -0.647 e. The Hall–Kier alpha value is -0.448. The zero-order valence-corrected chi connectivity index (χ0v) is 6.79. The summed E-state index contributed by atoms with van der Waals surface area (Å²) in [6.07, 6.45) is 0. The second-order valence-corrected chi connectivity index (χ2v) is 1.93. The molecule has 0 fully saturated rings. The van der Waals surface area contributed by atoms with E-state index in [0.29, 0.717) is 0 Å². The Labute approximate surface area is 57.0 Å². The lowest BCUT2D eigenvalue weighted by Gasteiger charge is -1.97. The fraction of sp³-hybridized carbons (Fsp3) is 0. The second-order valence-electron chi connectivity index (χ2n) is 1.52. The quantitative estimate of drug-likeness (QED) is 0.496. The van der Waals surface area contributed by atoms with E-state index in [9.17, 15) is 0 Å². The van der Waals surface area contributed by atoms with Crippen molar-refractivity contribution in [1.82, 2.24) is 0 Å². The highest BCUT2D eigenvalue weighted by Gasteiger charge is 1.79. The molecule has 0 spiro atoms. The molecular formula is C6H7AlO. The number of rotatable bonds is 1. The number of para-hydroxylation sites is 1. The third-order valence-corrected chi connectivity index (χ3v) is 1.45. The van der Waals surface area contributed by atoms with Gasteiger partial charge in [0.2, 0.25) is 0 Å². The molecule has 0 amide bonds. The SMILES string of the molecule is [AlH2][O]c1ccccc1. The summed E-state index contributed by atoms with van der Waals surface area (Å²) in [5, 5.41) is 0. The van der Waals surface area contributed by atoms with E-state index in [2.05, 4.69) is 0 Å². The molecule has 0 unspecified atom stereocenters. The summed E-state index contributed by atoms with van der Waals surface area (Å²) in [6.45, 7) is 0. The van der Waals surface area contributed by atoms with E-state index in [0.717, 1.165) is 22.4 Å². The molecule has 1 aromatic rings. The smallest absolute Gasteiger partial charge is 0.496 e. The van der Waals surface area contributed by atoms with Crippen molar-refractivity contribution in [2.24, 2.45) is 0 Å². The van der Waals surface area contributed by atoms with Crippen molar-refractivity contribution in [2.75, 3.05) is 0 Å². The van der Waals surface area contributed by atoms with Crippen molar-refractivity contribution in [3.63, 3.8) is 0 Å². The van der Waals surface area contributed by atoms with E-state index < -0.39 is 0 Å². The van der Waals surface area contributed by atoms with Crippen LogP contribution in [0.3, 0.4) is 0 Å². The molecule has 40 valence electrons. The molecule has 8 heavy (non-hydrogen) atoms. The van der Waals surface area contributed by atoms with Gasteiger partial charge in [-0.05, 0) is 12.1 Å². The van der Waals surface area contributed by atoms with Gasteiger partial charge in [0.15, 0.2) is 0 Å². The molecule has 0 aliphatic heterocycles. The number of benzene rings is 1. The van der Waals surface area contributed by atoms with Gasteiger partial charge in [0.25, 0.3) is 0 Å². The minimum absolute atomic E-state index is 0.777. The van der Waals surface area contributed by atoms with E-state index in [-0.39, 0.29) is 0 Å². The van der Waals surface area contributed by atoms with Crippen LogP contribution < -0.4 is 3.79 Å². The van der Waals surface area contributed by atoms with Gasteiger partial charge >= 0.3 is 16.6 Å². The van der Waals surface area contributed by atoms with Crippen LogP contribution >= 0.6 is 0 Å². The average Bonchev–Trinajstić information content (AvgIpc) is 1.90. The van der Waals surface area contributed by atoms with Crippen LogP contribution in [0.4, 0.5) is 0 Å². The van der Waals surface area contributed by atoms with Crippen LogP contribution in [-0.2, 0) is 0 Å². The van der Waals surface area contributed by atoms with Crippen LogP contribution in [0.2, 0.25) is 0 Å². The standard InChI is InChI=1S/C6H6O.Al.2H/c7-6-4-2-1-3-5-6;;;/h1-5,7H;;;/q;+1;;/p-1. The van der Waals surface area contributed by atoms with E-state index in [4.69, 9.17) is 3.79 Å². The topological polar surface area (TPSA) is 9.23 Å². The Morgan fingerprint density at radius 3 is 2.12 bits per heavy atom. The molecule has 0 aliphatic carbocycles. The van der Waals surface area contributed by atoms with E-state index in [1.807, 2.05) is 30.3 Å². The molecule has 0 bridgehead atoms. The maximum absolute atomic E-state index is 5.05. The molecule has 1 rings (SSSR count). The predicted molar refractivity (Wildman–Crippen MR) is 35.6 cm³/mol. The largest absolute Gasteiger partial charge is 0.647 e. The molecule has 2 heteroatoms. The molecule has 0 N–H and O–H groups in total.